The molecule has 1 N–H and O–H groups in total. The van der Waals surface area contributed by atoms with Crippen molar-refractivity contribution in [3.8, 4) is 0 Å². The van der Waals surface area contributed by atoms with Gasteiger partial charge in [0, 0.05) is 19.3 Å². The van der Waals surface area contributed by atoms with Crippen LogP contribution in [0.2, 0.25) is 0 Å². The smallest absolute Gasteiger partial charge is 0.312 e. The number of carbonyl (C=O) groups excluding carboxylic acids is 1. The lowest BCUT2D eigenvalue weighted by molar-refractivity contribution is -0.138. The number of hydrogen-bond donors (Lipinski definition) is 1. The summed E-state index contributed by atoms with van der Waals surface area (Å²) in [5.74, 6) is -1.68. The van der Waals surface area contributed by atoms with Gasteiger partial charge in [-0.05, 0) is 11.6 Å². The molecule has 0 radical (unpaired) electrons. The number of nitrogens with zero attached hydrogens (tertiary/aromatic N) is 1. The van der Waals surface area contributed by atoms with E-state index in [0.29, 0.717) is 31.1 Å². The van der Waals surface area contributed by atoms with Gasteiger partial charge in [0.1, 0.15) is 5.92 Å². The molecule has 0 spiro atoms. The Morgan fingerprint density at radius 2 is 2.05 bits per heavy atom. The zero-order valence-electron chi connectivity index (χ0n) is 11.9. The van der Waals surface area contributed by atoms with E-state index >= 15 is 0 Å². The van der Waals surface area contributed by atoms with E-state index in [2.05, 4.69) is 0 Å². The molecule has 6 heteroatoms. The van der Waals surface area contributed by atoms with Crippen LogP contribution in [-0.2, 0) is 19.1 Å². The fraction of sp³-hybridized carbons (Fsp3) is 0.467. The molecule has 1 aliphatic rings. The van der Waals surface area contributed by atoms with E-state index in [4.69, 9.17) is 9.47 Å². The second-order valence-electron chi connectivity index (χ2n) is 4.81. The third-order valence-electron chi connectivity index (χ3n) is 3.46. The number of anilines is 1. The molecule has 1 heterocycles. The minimum absolute atomic E-state index is 0.122. The van der Waals surface area contributed by atoms with Crippen LogP contribution in [0.3, 0.4) is 0 Å². The molecule has 1 amide bonds. The van der Waals surface area contributed by atoms with Crippen molar-refractivity contribution < 1.29 is 24.2 Å². The van der Waals surface area contributed by atoms with E-state index in [9.17, 15) is 14.7 Å². The Morgan fingerprint density at radius 1 is 1.29 bits per heavy atom. The Labute approximate surface area is 123 Å². The molecule has 0 fully saturated rings. The fourth-order valence-electron chi connectivity index (χ4n) is 2.39. The highest BCUT2D eigenvalue weighted by Gasteiger charge is 2.35. The van der Waals surface area contributed by atoms with E-state index < -0.39 is 11.9 Å². The average molecular weight is 293 g/mol. The molecule has 1 unspecified atom stereocenters. The van der Waals surface area contributed by atoms with Crippen molar-refractivity contribution in [3.63, 3.8) is 0 Å². The van der Waals surface area contributed by atoms with Gasteiger partial charge in [0.05, 0.1) is 26.2 Å². The van der Waals surface area contributed by atoms with E-state index in [0.717, 1.165) is 0 Å². The Morgan fingerprint density at radius 3 is 2.76 bits per heavy atom. The molecule has 0 bridgehead atoms. The quantitative estimate of drug-likeness (QED) is 0.766. The summed E-state index contributed by atoms with van der Waals surface area (Å²) in [5.41, 5.74) is 1.38. The molecule has 1 atom stereocenters. The number of hydrogen-bond acceptors (Lipinski definition) is 4. The van der Waals surface area contributed by atoms with Crippen molar-refractivity contribution in [2.75, 3.05) is 38.4 Å². The normalized spacial score (nSPS) is 16.8. The number of methoxy groups -OCH3 is 1. The number of amides is 1. The van der Waals surface area contributed by atoms with E-state index in [-0.39, 0.29) is 18.9 Å². The number of carboxylic acids is 1. The first kappa shape index (κ1) is 15.5. The summed E-state index contributed by atoms with van der Waals surface area (Å²) in [4.78, 5) is 25.1. The minimum atomic E-state index is -0.908. The molecular formula is C15H19NO5. The van der Waals surface area contributed by atoms with Crippen molar-refractivity contribution in [1.82, 2.24) is 0 Å². The van der Waals surface area contributed by atoms with Crippen molar-refractivity contribution in [2.24, 2.45) is 0 Å². The van der Waals surface area contributed by atoms with Crippen LogP contribution in [0.25, 0.3) is 0 Å². The highest BCUT2D eigenvalue weighted by Crippen LogP contribution is 2.36. The summed E-state index contributed by atoms with van der Waals surface area (Å²) in [5, 5.41) is 9.26. The summed E-state index contributed by atoms with van der Waals surface area (Å²) in [6, 6.07) is 7.13. The van der Waals surface area contributed by atoms with Crippen LogP contribution in [0.5, 0.6) is 0 Å². The van der Waals surface area contributed by atoms with Crippen LogP contribution in [-0.4, -0.2) is 50.5 Å². The topological polar surface area (TPSA) is 76.1 Å². The van der Waals surface area contributed by atoms with Gasteiger partial charge in [-0.15, -0.1) is 0 Å². The van der Waals surface area contributed by atoms with Crippen LogP contribution in [0.15, 0.2) is 24.3 Å². The number of carboxylic acid groups (broad SMARTS) is 1. The maximum atomic E-state index is 12.2. The van der Waals surface area contributed by atoms with Gasteiger partial charge in [-0.2, -0.15) is 0 Å². The summed E-state index contributed by atoms with van der Waals surface area (Å²) >= 11 is 0. The molecule has 0 aromatic heterocycles. The molecular weight excluding hydrogens is 274 g/mol. The summed E-state index contributed by atoms with van der Waals surface area (Å²) in [6.45, 7) is 1.42. The zero-order chi connectivity index (χ0) is 15.2. The van der Waals surface area contributed by atoms with Crippen LogP contribution >= 0.6 is 0 Å². The zero-order valence-corrected chi connectivity index (χ0v) is 11.9. The van der Waals surface area contributed by atoms with Crippen molar-refractivity contribution in [2.45, 2.75) is 12.3 Å². The van der Waals surface area contributed by atoms with Gasteiger partial charge in [0.15, 0.2) is 0 Å². The number of ether oxygens (including phenoxy) is 2. The van der Waals surface area contributed by atoms with Gasteiger partial charge in [0.25, 0.3) is 0 Å². The standard InChI is InChI=1S/C15H19NO5/c1-20-8-9-21-7-6-14(17)16-10-12(15(18)19)11-4-2-3-5-13(11)16/h2-5,12H,6-10H2,1H3,(H,18,19). The first-order valence-corrected chi connectivity index (χ1v) is 6.84. The molecule has 21 heavy (non-hydrogen) atoms. The van der Waals surface area contributed by atoms with Crippen molar-refractivity contribution >= 4 is 17.6 Å². The molecule has 2 rings (SSSR count). The van der Waals surface area contributed by atoms with Crippen LogP contribution in [0.4, 0.5) is 5.69 Å². The minimum Gasteiger partial charge on any atom is -0.481 e. The number of fused-ring (bicyclic) bond motifs is 1. The van der Waals surface area contributed by atoms with Gasteiger partial charge in [-0.25, -0.2) is 0 Å². The van der Waals surface area contributed by atoms with E-state index in [1.54, 1.807) is 31.4 Å². The lowest BCUT2D eigenvalue weighted by Crippen LogP contribution is -2.32. The maximum Gasteiger partial charge on any atom is 0.312 e. The predicted octanol–water partition coefficient (Wildman–Crippen LogP) is 1.25. The van der Waals surface area contributed by atoms with Gasteiger partial charge in [-0.3, -0.25) is 9.59 Å². The third kappa shape index (κ3) is 3.59. The Bertz CT molecular complexity index is 517. The molecule has 0 aliphatic carbocycles. The molecule has 1 aromatic carbocycles. The number of carbonyl (C=O) groups is 2. The fourth-order valence-corrected chi connectivity index (χ4v) is 2.39. The Kier molecular flexibility index (Phi) is 5.30. The van der Waals surface area contributed by atoms with Gasteiger partial charge in [-0.1, -0.05) is 18.2 Å². The van der Waals surface area contributed by atoms with Crippen molar-refractivity contribution in [3.05, 3.63) is 29.8 Å². The molecule has 0 saturated carbocycles. The second-order valence-corrected chi connectivity index (χ2v) is 4.81. The highest BCUT2D eigenvalue weighted by atomic mass is 16.5. The van der Waals surface area contributed by atoms with Crippen LogP contribution in [0, 0.1) is 0 Å². The van der Waals surface area contributed by atoms with Gasteiger partial charge in [0.2, 0.25) is 5.91 Å². The predicted molar refractivity (Wildman–Crippen MR) is 76.5 cm³/mol. The van der Waals surface area contributed by atoms with Crippen LogP contribution < -0.4 is 4.90 Å². The monoisotopic (exact) mass is 293 g/mol. The van der Waals surface area contributed by atoms with Crippen LogP contribution in [0.1, 0.15) is 17.9 Å². The second kappa shape index (κ2) is 7.19. The SMILES string of the molecule is COCCOCCC(=O)N1CC(C(=O)O)c2ccccc21. The molecule has 114 valence electrons. The van der Waals surface area contributed by atoms with Crippen molar-refractivity contribution in [1.29, 1.82) is 0 Å². The molecule has 6 nitrogen and oxygen atoms in total. The Hall–Kier alpha value is -1.92. The number of rotatable bonds is 7. The summed E-state index contributed by atoms with van der Waals surface area (Å²) < 4.78 is 10.1. The molecule has 1 aromatic rings. The third-order valence-corrected chi connectivity index (χ3v) is 3.46. The number of benzene rings is 1. The van der Waals surface area contributed by atoms with E-state index in [1.807, 2.05) is 0 Å². The summed E-state index contributed by atoms with van der Waals surface area (Å²) in [7, 11) is 1.59. The maximum absolute atomic E-state index is 12.2. The highest BCUT2D eigenvalue weighted by molar-refractivity contribution is 5.98. The molecule has 1 aliphatic heterocycles. The number of para-hydroxylation sites is 1. The largest absolute Gasteiger partial charge is 0.481 e. The van der Waals surface area contributed by atoms with Gasteiger partial charge >= 0.3 is 5.97 Å². The first-order valence-electron chi connectivity index (χ1n) is 6.84. The van der Waals surface area contributed by atoms with Gasteiger partial charge < -0.3 is 19.5 Å². The average Bonchev–Trinajstić information content (AvgIpc) is 2.87. The Balaban J connectivity index is 1.98. The number of aliphatic carboxylic acids is 1. The molecule has 0 saturated heterocycles. The first-order chi connectivity index (χ1) is 10.1. The van der Waals surface area contributed by atoms with E-state index in [1.165, 1.54) is 4.90 Å². The lowest BCUT2D eigenvalue weighted by atomic mass is 10.0. The summed E-state index contributed by atoms with van der Waals surface area (Å²) in [6.07, 6.45) is 0.227. The lowest BCUT2D eigenvalue weighted by Gasteiger charge is -2.17.